The molecule has 0 fully saturated rings. The van der Waals surface area contributed by atoms with E-state index in [9.17, 15) is 21.6 Å². The quantitative estimate of drug-likeness (QED) is 0.538. The lowest BCUT2D eigenvalue weighted by Crippen LogP contribution is -2.16. The monoisotopic (exact) mass is 417 g/mol. The second-order valence-corrected chi connectivity index (χ2v) is 7.93. The number of primary sulfonamides is 1. The van der Waals surface area contributed by atoms with Crippen LogP contribution in [0.1, 0.15) is 5.69 Å². The van der Waals surface area contributed by atoms with Crippen molar-refractivity contribution in [2.45, 2.75) is 11.1 Å². The third kappa shape index (κ3) is 3.62. The Kier molecular flexibility index (Phi) is 4.44. The van der Waals surface area contributed by atoms with E-state index in [-0.39, 0.29) is 16.3 Å². The number of benzene rings is 3. The molecule has 0 saturated carbocycles. The summed E-state index contributed by atoms with van der Waals surface area (Å²) in [7, 11) is -4.18. The minimum Gasteiger partial charge on any atom is -0.231 e. The Labute approximate surface area is 164 Å². The van der Waals surface area contributed by atoms with Crippen molar-refractivity contribution in [2.75, 3.05) is 0 Å². The van der Waals surface area contributed by atoms with Crippen molar-refractivity contribution in [3.63, 3.8) is 0 Å². The molecule has 0 spiro atoms. The molecule has 5 nitrogen and oxygen atoms in total. The first kappa shape index (κ1) is 19.2. The largest absolute Gasteiger partial charge is 0.435 e. The van der Waals surface area contributed by atoms with Crippen molar-refractivity contribution in [3.05, 3.63) is 78.5 Å². The number of aromatic nitrogens is 2. The van der Waals surface area contributed by atoms with Gasteiger partial charge in [-0.2, -0.15) is 18.3 Å². The maximum absolute atomic E-state index is 13.4. The first-order chi connectivity index (χ1) is 13.6. The van der Waals surface area contributed by atoms with Crippen LogP contribution in [-0.2, 0) is 16.2 Å². The Hall–Kier alpha value is -3.17. The lowest BCUT2D eigenvalue weighted by molar-refractivity contribution is -0.141. The van der Waals surface area contributed by atoms with Gasteiger partial charge in [0.1, 0.15) is 4.90 Å². The fourth-order valence-electron chi connectivity index (χ4n) is 3.13. The van der Waals surface area contributed by atoms with Gasteiger partial charge < -0.3 is 0 Å². The van der Waals surface area contributed by atoms with Gasteiger partial charge in [0.15, 0.2) is 5.69 Å². The fraction of sp³-hybridized carbons (Fsp3) is 0.0500. The van der Waals surface area contributed by atoms with Crippen LogP contribution in [-0.4, -0.2) is 18.2 Å². The molecule has 0 unspecified atom stereocenters. The van der Waals surface area contributed by atoms with Crippen molar-refractivity contribution in [1.82, 2.24) is 9.78 Å². The normalized spacial score (nSPS) is 12.4. The van der Waals surface area contributed by atoms with Crippen LogP contribution in [0.25, 0.3) is 27.7 Å². The van der Waals surface area contributed by atoms with E-state index in [1.165, 1.54) is 24.3 Å². The number of nitrogens with zero attached hydrogens (tertiary/aromatic N) is 2. The van der Waals surface area contributed by atoms with Gasteiger partial charge in [-0.05, 0) is 35.0 Å². The van der Waals surface area contributed by atoms with Crippen molar-refractivity contribution in [1.29, 1.82) is 0 Å². The Bertz CT molecular complexity index is 1330. The summed E-state index contributed by atoms with van der Waals surface area (Å²) in [6, 6.07) is 19.0. The summed E-state index contributed by atoms with van der Waals surface area (Å²) in [4.78, 5) is -0.320. The average Bonchev–Trinajstić information content (AvgIpc) is 3.13. The molecule has 0 atom stereocenters. The van der Waals surface area contributed by atoms with E-state index in [1.807, 2.05) is 24.3 Å². The van der Waals surface area contributed by atoms with E-state index in [2.05, 4.69) is 5.10 Å². The third-order valence-electron chi connectivity index (χ3n) is 4.44. The Balaban J connectivity index is 2.01. The average molecular weight is 417 g/mol. The minimum absolute atomic E-state index is 0.0614. The molecule has 0 aliphatic heterocycles. The molecule has 2 N–H and O–H groups in total. The van der Waals surface area contributed by atoms with Crippen LogP contribution in [0.2, 0.25) is 0 Å². The maximum atomic E-state index is 13.4. The molecule has 4 aromatic rings. The topological polar surface area (TPSA) is 78.0 Å². The van der Waals surface area contributed by atoms with Gasteiger partial charge in [0.25, 0.3) is 0 Å². The fourth-order valence-corrected chi connectivity index (χ4v) is 3.84. The maximum Gasteiger partial charge on any atom is 0.435 e. The third-order valence-corrected chi connectivity index (χ3v) is 5.40. The molecule has 0 amide bonds. The first-order valence-electron chi connectivity index (χ1n) is 8.43. The van der Waals surface area contributed by atoms with Crippen molar-refractivity contribution in [2.24, 2.45) is 5.14 Å². The summed E-state index contributed by atoms with van der Waals surface area (Å²) >= 11 is 0. The molecule has 1 aromatic heterocycles. The highest BCUT2D eigenvalue weighted by atomic mass is 32.2. The molecule has 0 aliphatic carbocycles. The second-order valence-electron chi connectivity index (χ2n) is 6.40. The number of halogens is 3. The molecule has 0 aliphatic rings. The summed E-state index contributed by atoms with van der Waals surface area (Å²) in [6.45, 7) is 0. The van der Waals surface area contributed by atoms with Crippen LogP contribution < -0.4 is 5.14 Å². The van der Waals surface area contributed by atoms with E-state index < -0.39 is 21.9 Å². The molecule has 9 heteroatoms. The van der Waals surface area contributed by atoms with Crippen LogP contribution >= 0.6 is 0 Å². The zero-order chi connectivity index (χ0) is 20.8. The predicted octanol–water partition coefficient (Wildman–Crippen LogP) is 4.36. The number of hydrogen-bond acceptors (Lipinski definition) is 3. The molecule has 4 rings (SSSR count). The molecule has 3 aromatic carbocycles. The van der Waals surface area contributed by atoms with Crippen LogP contribution in [0, 0.1) is 0 Å². The Morgan fingerprint density at radius 3 is 2.21 bits per heavy atom. The molecule has 29 heavy (non-hydrogen) atoms. The Morgan fingerprint density at radius 1 is 0.862 bits per heavy atom. The molecular weight excluding hydrogens is 403 g/mol. The number of nitrogens with two attached hydrogens (primary N) is 1. The standard InChI is InChI=1S/C20H14F3N3O2S/c21-20(22,23)19-12-17(15-10-9-13-5-1-2-6-14(13)11-15)26(25-19)16-7-3-4-8-18(16)29(24,27)28/h1-12H,(H2,24,27,28). The number of rotatable bonds is 3. The van der Waals surface area contributed by atoms with E-state index in [1.54, 1.807) is 18.2 Å². The number of sulfonamides is 1. The number of fused-ring (bicyclic) bond motifs is 1. The van der Waals surface area contributed by atoms with Gasteiger partial charge in [-0.25, -0.2) is 18.2 Å². The molecule has 0 saturated heterocycles. The predicted molar refractivity (Wildman–Crippen MR) is 103 cm³/mol. The zero-order valence-electron chi connectivity index (χ0n) is 14.8. The number of para-hydroxylation sites is 1. The smallest absolute Gasteiger partial charge is 0.231 e. The van der Waals surface area contributed by atoms with Crippen LogP contribution in [0.3, 0.4) is 0 Å². The minimum atomic E-state index is -4.70. The van der Waals surface area contributed by atoms with Crippen LogP contribution in [0.4, 0.5) is 13.2 Å². The molecule has 0 radical (unpaired) electrons. The highest BCUT2D eigenvalue weighted by Gasteiger charge is 2.35. The summed E-state index contributed by atoms with van der Waals surface area (Å²) in [5.74, 6) is 0. The van der Waals surface area contributed by atoms with E-state index in [0.717, 1.165) is 21.5 Å². The lowest BCUT2D eigenvalue weighted by Gasteiger charge is -2.12. The summed E-state index contributed by atoms with van der Waals surface area (Å²) < 4.78 is 65.0. The molecule has 148 valence electrons. The van der Waals surface area contributed by atoms with Gasteiger partial charge in [0, 0.05) is 5.56 Å². The van der Waals surface area contributed by atoms with Gasteiger partial charge in [0.2, 0.25) is 10.0 Å². The van der Waals surface area contributed by atoms with E-state index in [0.29, 0.717) is 5.56 Å². The molecule has 1 heterocycles. The number of alkyl halides is 3. The van der Waals surface area contributed by atoms with Gasteiger partial charge in [-0.15, -0.1) is 0 Å². The van der Waals surface area contributed by atoms with Crippen molar-refractivity contribution >= 4 is 20.8 Å². The summed E-state index contributed by atoms with van der Waals surface area (Å²) in [6.07, 6.45) is -4.70. The first-order valence-corrected chi connectivity index (χ1v) is 9.98. The van der Waals surface area contributed by atoms with Gasteiger partial charge in [-0.1, -0.05) is 48.5 Å². The van der Waals surface area contributed by atoms with Gasteiger partial charge in [-0.3, -0.25) is 0 Å². The van der Waals surface area contributed by atoms with E-state index >= 15 is 0 Å². The summed E-state index contributed by atoms with van der Waals surface area (Å²) in [5, 5.41) is 10.7. The highest BCUT2D eigenvalue weighted by Crippen LogP contribution is 2.35. The van der Waals surface area contributed by atoms with Crippen LogP contribution in [0.15, 0.2) is 77.7 Å². The highest BCUT2D eigenvalue weighted by molar-refractivity contribution is 7.89. The lowest BCUT2D eigenvalue weighted by atomic mass is 10.0. The van der Waals surface area contributed by atoms with Gasteiger partial charge in [0.05, 0.1) is 11.4 Å². The summed E-state index contributed by atoms with van der Waals surface area (Å²) in [5.41, 5.74) is -0.645. The van der Waals surface area contributed by atoms with E-state index in [4.69, 9.17) is 5.14 Å². The van der Waals surface area contributed by atoms with Gasteiger partial charge >= 0.3 is 6.18 Å². The molecular formula is C20H14F3N3O2S. The molecule has 0 bridgehead atoms. The van der Waals surface area contributed by atoms with Crippen molar-refractivity contribution in [3.8, 4) is 16.9 Å². The van der Waals surface area contributed by atoms with Crippen LogP contribution in [0.5, 0.6) is 0 Å². The van der Waals surface area contributed by atoms with Crippen molar-refractivity contribution < 1.29 is 21.6 Å². The number of hydrogen-bond donors (Lipinski definition) is 1. The Morgan fingerprint density at radius 2 is 1.52 bits per heavy atom. The SMILES string of the molecule is NS(=O)(=O)c1ccccc1-n1nc(C(F)(F)F)cc1-c1ccc2ccccc2c1. The zero-order valence-corrected chi connectivity index (χ0v) is 15.6. The second kappa shape index (κ2) is 6.71.